The Morgan fingerprint density at radius 3 is 2.71 bits per heavy atom. The van der Waals surface area contributed by atoms with Gasteiger partial charge in [0.15, 0.2) is 0 Å². The molecule has 0 bridgehead atoms. The Labute approximate surface area is 178 Å². The highest BCUT2D eigenvalue weighted by atomic mass is 35.5. The van der Waals surface area contributed by atoms with Crippen molar-refractivity contribution in [1.29, 1.82) is 0 Å². The minimum Gasteiger partial charge on any atom is -0.351 e. The van der Waals surface area contributed by atoms with Crippen molar-refractivity contribution in [2.75, 3.05) is 39.3 Å². The van der Waals surface area contributed by atoms with E-state index in [1.807, 2.05) is 30.0 Å². The number of benzene rings is 2. The monoisotopic (exact) mass is 419 g/mol. The SMILES string of the molecule is Cc1ccc(C)c(SCc2cccc(C(=O)NCCN3CCNCC3)c2)c1.Cl. The van der Waals surface area contributed by atoms with Gasteiger partial charge in [0.05, 0.1) is 0 Å². The van der Waals surface area contributed by atoms with Crippen LogP contribution >= 0.6 is 24.2 Å². The number of amides is 1. The fourth-order valence-corrected chi connectivity index (χ4v) is 4.26. The maximum atomic E-state index is 12.5. The molecule has 2 N–H and O–H groups in total. The van der Waals surface area contributed by atoms with E-state index in [1.165, 1.54) is 21.6 Å². The van der Waals surface area contributed by atoms with E-state index >= 15 is 0 Å². The number of halogens is 1. The fourth-order valence-electron chi connectivity index (χ4n) is 3.19. The van der Waals surface area contributed by atoms with E-state index in [4.69, 9.17) is 0 Å². The zero-order valence-electron chi connectivity index (χ0n) is 16.7. The van der Waals surface area contributed by atoms with E-state index in [2.05, 4.69) is 53.6 Å². The van der Waals surface area contributed by atoms with Crippen LogP contribution in [0, 0.1) is 13.8 Å². The number of carbonyl (C=O) groups is 1. The highest BCUT2D eigenvalue weighted by molar-refractivity contribution is 7.98. The molecule has 0 radical (unpaired) electrons. The second-order valence-electron chi connectivity index (χ2n) is 7.11. The molecule has 4 nitrogen and oxygen atoms in total. The first-order valence-electron chi connectivity index (χ1n) is 9.62. The zero-order chi connectivity index (χ0) is 19.1. The largest absolute Gasteiger partial charge is 0.351 e. The third-order valence-electron chi connectivity index (χ3n) is 4.85. The molecule has 0 aliphatic carbocycles. The Balaban J connectivity index is 0.00000280. The lowest BCUT2D eigenvalue weighted by atomic mass is 10.1. The van der Waals surface area contributed by atoms with Gasteiger partial charge in [-0.15, -0.1) is 24.2 Å². The second-order valence-corrected chi connectivity index (χ2v) is 8.12. The number of rotatable bonds is 7. The van der Waals surface area contributed by atoms with Crippen LogP contribution in [0.25, 0.3) is 0 Å². The molecule has 1 heterocycles. The maximum absolute atomic E-state index is 12.5. The van der Waals surface area contributed by atoms with Gasteiger partial charge < -0.3 is 10.6 Å². The number of hydrogen-bond donors (Lipinski definition) is 2. The van der Waals surface area contributed by atoms with Crippen LogP contribution in [0.5, 0.6) is 0 Å². The highest BCUT2D eigenvalue weighted by Gasteiger charge is 2.11. The molecule has 1 saturated heterocycles. The summed E-state index contributed by atoms with van der Waals surface area (Å²) in [4.78, 5) is 16.2. The summed E-state index contributed by atoms with van der Waals surface area (Å²) in [5.41, 5.74) is 4.50. The summed E-state index contributed by atoms with van der Waals surface area (Å²) in [5.74, 6) is 0.885. The number of nitrogens with one attached hydrogen (secondary N) is 2. The van der Waals surface area contributed by atoms with Gasteiger partial charge in [0.25, 0.3) is 5.91 Å². The van der Waals surface area contributed by atoms with Crippen LogP contribution in [-0.4, -0.2) is 50.1 Å². The quantitative estimate of drug-likeness (QED) is 0.672. The number of piperazine rings is 1. The molecule has 28 heavy (non-hydrogen) atoms. The number of aryl methyl sites for hydroxylation is 2. The first-order chi connectivity index (χ1) is 13.1. The molecular weight excluding hydrogens is 390 g/mol. The summed E-state index contributed by atoms with van der Waals surface area (Å²) >= 11 is 1.83. The lowest BCUT2D eigenvalue weighted by molar-refractivity contribution is 0.0947. The summed E-state index contributed by atoms with van der Waals surface area (Å²) in [6.45, 7) is 10.1. The molecule has 2 aromatic carbocycles. The molecule has 3 rings (SSSR count). The first-order valence-corrected chi connectivity index (χ1v) is 10.6. The van der Waals surface area contributed by atoms with E-state index in [9.17, 15) is 4.79 Å². The average molecular weight is 420 g/mol. The van der Waals surface area contributed by atoms with E-state index < -0.39 is 0 Å². The molecule has 1 fully saturated rings. The van der Waals surface area contributed by atoms with Gasteiger partial charge in [0, 0.05) is 55.5 Å². The van der Waals surface area contributed by atoms with Gasteiger partial charge in [-0.05, 0) is 43.2 Å². The van der Waals surface area contributed by atoms with Crippen molar-refractivity contribution in [3.8, 4) is 0 Å². The van der Waals surface area contributed by atoms with Gasteiger partial charge >= 0.3 is 0 Å². The summed E-state index contributed by atoms with van der Waals surface area (Å²) in [6, 6.07) is 14.5. The van der Waals surface area contributed by atoms with E-state index in [-0.39, 0.29) is 18.3 Å². The van der Waals surface area contributed by atoms with Crippen molar-refractivity contribution >= 4 is 30.1 Å². The fraction of sp³-hybridized carbons (Fsp3) is 0.409. The molecule has 6 heteroatoms. The number of carbonyl (C=O) groups excluding carboxylic acids is 1. The lowest BCUT2D eigenvalue weighted by Crippen LogP contribution is -2.46. The van der Waals surface area contributed by atoms with E-state index in [0.29, 0.717) is 6.54 Å². The third-order valence-corrected chi connectivity index (χ3v) is 6.08. The van der Waals surface area contributed by atoms with Gasteiger partial charge in [-0.3, -0.25) is 9.69 Å². The Bertz CT molecular complexity index is 778. The lowest BCUT2D eigenvalue weighted by Gasteiger charge is -2.27. The molecule has 152 valence electrons. The van der Waals surface area contributed by atoms with Crippen molar-refractivity contribution in [1.82, 2.24) is 15.5 Å². The summed E-state index contributed by atoms with van der Waals surface area (Å²) in [5, 5.41) is 6.40. The molecular formula is C22H30ClN3OS. The molecule has 0 aromatic heterocycles. The van der Waals surface area contributed by atoms with Crippen molar-refractivity contribution in [3.63, 3.8) is 0 Å². The minimum atomic E-state index is 0. The highest BCUT2D eigenvalue weighted by Crippen LogP contribution is 2.27. The van der Waals surface area contributed by atoms with Crippen LogP contribution in [0.4, 0.5) is 0 Å². The van der Waals surface area contributed by atoms with Crippen LogP contribution in [0.15, 0.2) is 47.4 Å². The van der Waals surface area contributed by atoms with E-state index in [0.717, 1.165) is 44.0 Å². The Kier molecular flexibility index (Phi) is 9.32. The second kappa shape index (κ2) is 11.5. The van der Waals surface area contributed by atoms with E-state index in [1.54, 1.807) is 0 Å². The Morgan fingerprint density at radius 2 is 1.93 bits per heavy atom. The van der Waals surface area contributed by atoms with Crippen LogP contribution < -0.4 is 10.6 Å². The van der Waals surface area contributed by atoms with Gasteiger partial charge in [0.2, 0.25) is 0 Å². The van der Waals surface area contributed by atoms with Gasteiger partial charge in [-0.2, -0.15) is 0 Å². The predicted octanol–water partition coefficient (Wildman–Crippen LogP) is 3.65. The average Bonchev–Trinajstić information content (AvgIpc) is 2.69. The number of hydrogen-bond acceptors (Lipinski definition) is 4. The molecule has 0 atom stereocenters. The molecule has 0 unspecified atom stereocenters. The molecule has 1 aliphatic heterocycles. The summed E-state index contributed by atoms with van der Waals surface area (Å²) < 4.78 is 0. The zero-order valence-corrected chi connectivity index (χ0v) is 18.3. The first kappa shape index (κ1) is 22.8. The smallest absolute Gasteiger partial charge is 0.251 e. The van der Waals surface area contributed by atoms with Crippen molar-refractivity contribution in [2.24, 2.45) is 0 Å². The van der Waals surface area contributed by atoms with Gasteiger partial charge in [0.1, 0.15) is 0 Å². The third kappa shape index (κ3) is 6.82. The molecule has 0 saturated carbocycles. The van der Waals surface area contributed by atoms with Gasteiger partial charge in [-0.1, -0.05) is 29.8 Å². The molecule has 0 spiro atoms. The minimum absolute atomic E-state index is 0. The topological polar surface area (TPSA) is 44.4 Å². The standard InChI is InChI=1S/C22H29N3OS.ClH/c1-17-6-7-18(2)21(14-17)27-16-19-4-3-5-20(15-19)22(26)24-10-13-25-11-8-23-9-12-25;/h3-7,14-15,23H,8-13,16H2,1-2H3,(H,24,26);1H. The number of thioether (sulfide) groups is 1. The number of nitrogens with zero attached hydrogens (tertiary/aromatic N) is 1. The molecule has 1 amide bonds. The summed E-state index contributed by atoms with van der Waals surface area (Å²) in [6.07, 6.45) is 0. The molecule has 2 aromatic rings. The van der Waals surface area contributed by atoms with Crippen LogP contribution in [0.1, 0.15) is 27.0 Å². The Hall–Kier alpha value is -1.53. The Morgan fingerprint density at radius 1 is 1.14 bits per heavy atom. The van der Waals surface area contributed by atoms with Crippen LogP contribution in [0.2, 0.25) is 0 Å². The van der Waals surface area contributed by atoms with Crippen molar-refractivity contribution in [3.05, 3.63) is 64.7 Å². The molecule has 1 aliphatic rings. The van der Waals surface area contributed by atoms with Crippen molar-refractivity contribution < 1.29 is 4.79 Å². The normalized spacial score (nSPS) is 14.4. The van der Waals surface area contributed by atoms with Crippen LogP contribution in [0.3, 0.4) is 0 Å². The van der Waals surface area contributed by atoms with Crippen LogP contribution in [-0.2, 0) is 5.75 Å². The van der Waals surface area contributed by atoms with Gasteiger partial charge in [-0.25, -0.2) is 0 Å². The maximum Gasteiger partial charge on any atom is 0.251 e. The summed E-state index contributed by atoms with van der Waals surface area (Å²) in [7, 11) is 0. The predicted molar refractivity (Wildman–Crippen MR) is 121 cm³/mol. The van der Waals surface area contributed by atoms with Crippen molar-refractivity contribution in [2.45, 2.75) is 24.5 Å².